The van der Waals surface area contributed by atoms with Crippen LogP contribution in [0.2, 0.25) is 0 Å². The minimum Gasteiger partial charge on any atom is -0.369 e. The summed E-state index contributed by atoms with van der Waals surface area (Å²) in [6, 6.07) is 13.5. The molecule has 2 N–H and O–H groups in total. The molecule has 1 unspecified atom stereocenters. The molecule has 1 amide bonds. The fourth-order valence-electron chi connectivity index (χ4n) is 4.25. The number of hydrogen-bond acceptors (Lipinski definition) is 8. The highest BCUT2D eigenvalue weighted by Gasteiger charge is 2.56. The highest BCUT2D eigenvalue weighted by molar-refractivity contribution is 7.10. The SMILES string of the molecule is CN1C(=O)C2CN(c3ncccn3)C[C@]2(c2cc(-c3cccc(C#N)c3)cs2)N=C1N. The number of rotatable bonds is 3. The summed E-state index contributed by atoms with van der Waals surface area (Å²) in [5, 5.41) is 11.3. The van der Waals surface area contributed by atoms with E-state index in [0.717, 1.165) is 16.0 Å². The highest BCUT2D eigenvalue weighted by atomic mass is 32.1. The van der Waals surface area contributed by atoms with Gasteiger partial charge in [0.05, 0.1) is 24.1 Å². The third-order valence-electron chi connectivity index (χ3n) is 5.88. The molecule has 1 aromatic carbocycles. The van der Waals surface area contributed by atoms with Gasteiger partial charge in [-0.25, -0.2) is 15.0 Å². The lowest BCUT2D eigenvalue weighted by molar-refractivity contribution is -0.132. The monoisotopic (exact) mass is 429 g/mol. The van der Waals surface area contributed by atoms with Crippen LogP contribution in [0.3, 0.4) is 0 Å². The Morgan fingerprint density at radius 2 is 2.03 bits per heavy atom. The van der Waals surface area contributed by atoms with Crippen LogP contribution in [0, 0.1) is 17.2 Å². The second-order valence-electron chi connectivity index (χ2n) is 7.67. The molecule has 2 atom stereocenters. The molecule has 0 spiro atoms. The molecule has 1 fully saturated rings. The zero-order valence-corrected chi connectivity index (χ0v) is 17.6. The molecule has 0 radical (unpaired) electrons. The molecule has 3 aromatic rings. The zero-order chi connectivity index (χ0) is 21.6. The van der Waals surface area contributed by atoms with Crippen LogP contribution >= 0.6 is 11.3 Å². The smallest absolute Gasteiger partial charge is 0.236 e. The number of nitriles is 1. The summed E-state index contributed by atoms with van der Waals surface area (Å²) in [5.74, 6) is 0.315. The van der Waals surface area contributed by atoms with Gasteiger partial charge in [-0.3, -0.25) is 9.69 Å². The Morgan fingerprint density at radius 3 is 2.81 bits per heavy atom. The number of hydrogen-bond donors (Lipinski definition) is 1. The van der Waals surface area contributed by atoms with Gasteiger partial charge in [0.2, 0.25) is 11.9 Å². The first-order valence-electron chi connectivity index (χ1n) is 9.76. The summed E-state index contributed by atoms with van der Waals surface area (Å²) in [7, 11) is 1.65. The predicted molar refractivity (Wildman–Crippen MR) is 118 cm³/mol. The molecule has 5 rings (SSSR count). The molecule has 4 heterocycles. The van der Waals surface area contributed by atoms with E-state index >= 15 is 0 Å². The number of carbonyl (C=O) groups excluding carboxylic acids is 1. The van der Waals surface area contributed by atoms with Gasteiger partial charge in [0.25, 0.3) is 0 Å². The van der Waals surface area contributed by atoms with E-state index in [0.29, 0.717) is 24.6 Å². The van der Waals surface area contributed by atoms with Gasteiger partial charge in [-0.2, -0.15) is 5.26 Å². The van der Waals surface area contributed by atoms with E-state index < -0.39 is 11.5 Å². The molecule has 0 aliphatic carbocycles. The zero-order valence-electron chi connectivity index (χ0n) is 16.8. The quantitative estimate of drug-likeness (QED) is 0.683. The van der Waals surface area contributed by atoms with Gasteiger partial charge in [0.15, 0.2) is 5.96 Å². The number of thiophene rings is 1. The standard InChI is InChI=1S/C22H19N7OS/c1-28-19(30)17-11-29(21-25-6-3-7-26-21)13-22(17,27-20(28)24)18-9-16(12-31-18)15-5-2-4-14(8-15)10-23/h2-9,12,17H,11,13H2,1H3,(H2,24,27)/t17?,22-/m0/s1. The van der Waals surface area contributed by atoms with Gasteiger partial charge in [-0.1, -0.05) is 12.1 Å². The number of nitrogens with two attached hydrogens (primary N) is 1. The van der Waals surface area contributed by atoms with Crippen LogP contribution in [-0.4, -0.2) is 46.9 Å². The Labute approximate surface area is 183 Å². The van der Waals surface area contributed by atoms with Crippen molar-refractivity contribution in [1.29, 1.82) is 5.26 Å². The normalized spacial score (nSPS) is 22.8. The fourth-order valence-corrected chi connectivity index (χ4v) is 5.36. The van der Waals surface area contributed by atoms with Crippen LogP contribution < -0.4 is 10.6 Å². The summed E-state index contributed by atoms with van der Waals surface area (Å²) >= 11 is 1.55. The predicted octanol–water partition coefficient (Wildman–Crippen LogP) is 2.20. The van der Waals surface area contributed by atoms with Crippen LogP contribution in [-0.2, 0) is 10.3 Å². The summed E-state index contributed by atoms with van der Waals surface area (Å²) in [5.41, 5.74) is 7.90. The highest BCUT2D eigenvalue weighted by Crippen LogP contribution is 2.47. The van der Waals surface area contributed by atoms with E-state index in [2.05, 4.69) is 22.1 Å². The molecular formula is C22H19N7OS. The molecule has 0 bridgehead atoms. The Balaban J connectivity index is 1.60. The molecular weight excluding hydrogens is 410 g/mol. The number of amides is 1. The number of aromatic nitrogens is 2. The Kier molecular flexibility index (Phi) is 4.45. The number of nitrogens with zero attached hydrogens (tertiary/aromatic N) is 6. The van der Waals surface area contributed by atoms with E-state index in [1.807, 2.05) is 28.5 Å². The third kappa shape index (κ3) is 3.04. The van der Waals surface area contributed by atoms with E-state index in [4.69, 9.17) is 10.7 Å². The van der Waals surface area contributed by atoms with E-state index in [-0.39, 0.29) is 11.9 Å². The topological polar surface area (TPSA) is 112 Å². The lowest BCUT2D eigenvalue weighted by Gasteiger charge is -2.36. The summed E-state index contributed by atoms with van der Waals surface area (Å²) in [6.07, 6.45) is 3.38. The fraction of sp³-hybridized carbons (Fsp3) is 0.227. The molecule has 31 heavy (non-hydrogen) atoms. The molecule has 154 valence electrons. The molecule has 9 heteroatoms. The van der Waals surface area contributed by atoms with Crippen LogP contribution in [0.1, 0.15) is 10.4 Å². The van der Waals surface area contributed by atoms with Gasteiger partial charge in [-0.15, -0.1) is 11.3 Å². The Morgan fingerprint density at radius 1 is 1.23 bits per heavy atom. The largest absolute Gasteiger partial charge is 0.369 e. The number of benzene rings is 1. The molecule has 2 aromatic heterocycles. The van der Waals surface area contributed by atoms with Crippen LogP contribution in [0.5, 0.6) is 0 Å². The van der Waals surface area contributed by atoms with Gasteiger partial charge in [0, 0.05) is 30.9 Å². The summed E-state index contributed by atoms with van der Waals surface area (Å²) in [4.78, 5) is 31.1. The number of fused-ring (bicyclic) bond motifs is 1. The average molecular weight is 430 g/mol. The van der Waals surface area contributed by atoms with Crippen molar-refractivity contribution in [1.82, 2.24) is 14.9 Å². The molecule has 0 saturated carbocycles. The lowest BCUT2D eigenvalue weighted by Crippen LogP contribution is -2.54. The second-order valence-corrected chi connectivity index (χ2v) is 8.58. The maximum Gasteiger partial charge on any atom is 0.236 e. The second kappa shape index (κ2) is 7.18. The molecule has 1 saturated heterocycles. The van der Waals surface area contributed by atoms with Crippen molar-refractivity contribution in [2.24, 2.45) is 16.6 Å². The van der Waals surface area contributed by atoms with Crippen molar-refractivity contribution < 1.29 is 4.79 Å². The van der Waals surface area contributed by atoms with Gasteiger partial charge >= 0.3 is 0 Å². The number of aliphatic imine (C=N–C) groups is 1. The summed E-state index contributed by atoms with van der Waals surface area (Å²) < 4.78 is 0. The first-order valence-corrected chi connectivity index (χ1v) is 10.6. The van der Waals surface area contributed by atoms with Crippen molar-refractivity contribution >= 4 is 29.2 Å². The van der Waals surface area contributed by atoms with Crippen molar-refractivity contribution in [2.45, 2.75) is 5.54 Å². The molecule has 2 aliphatic heterocycles. The van der Waals surface area contributed by atoms with Gasteiger partial charge in [-0.05, 0) is 40.8 Å². The van der Waals surface area contributed by atoms with Gasteiger partial charge < -0.3 is 10.6 Å². The van der Waals surface area contributed by atoms with E-state index in [9.17, 15) is 10.1 Å². The first kappa shape index (κ1) is 19.2. The maximum atomic E-state index is 13.2. The summed E-state index contributed by atoms with van der Waals surface area (Å²) in [6.45, 7) is 0.918. The van der Waals surface area contributed by atoms with Crippen molar-refractivity contribution in [2.75, 3.05) is 25.0 Å². The van der Waals surface area contributed by atoms with Crippen LogP contribution in [0.15, 0.2) is 59.2 Å². The molecule has 8 nitrogen and oxygen atoms in total. The van der Waals surface area contributed by atoms with Crippen molar-refractivity contribution in [3.8, 4) is 17.2 Å². The van der Waals surface area contributed by atoms with Crippen molar-refractivity contribution in [3.05, 3.63) is 64.6 Å². The Hall–Kier alpha value is -3.77. The third-order valence-corrected chi connectivity index (χ3v) is 6.98. The van der Waals surface area contributed by atoms with Crippen LogP contribution in [0.25, 0.3) is 11.1 Å². The lowest BCUT2D eigenvalue weighted by atomic mass is 9.83. The van der Waals surface area contributed by atoms with Crippen molar-refractivity contribution in [3.63, 3.8) is 0 Å². The number of carbonyl (C=O) groups is 1. The van der Waals surface area contributed by atoms with Gasteiger partial charge in [0.1, 0.15) is 5.54 Å². The van der Waals surface area contributed by atoms with E-state index in [1.165, 1.54) is 4.90 Å². The minimum absolute atomic E-state index is 0.0626. The maximum absolute atomic E-state index is 13.2. The average Bonchev–Trinajstić information content (AvgIpc) is 3.45. The van der Waals surface area contributed by atoms with Crippen LogP contribution in [0.4, 0.5) is 5.95 Å². The van der Waals surface area contributed by atoms with E-state index in [1.54, 1.807) is 42.9 Å². The minimum atomic E-state index is -0.803. The Bertz CT molecular complexity index is 1230. The first-order chi connectivity index (χ1) is 15.0. The molecule has 2 aliphatic rings. The number of anilines is 1. The number of guanidine groups is 1.